The third-order valence-electron chi connectivity index (χ3n) is 2.83. The maximum absolute atomic E-state index is 13.2. The van der Waals surface area contributed by atoms with Crippen LogP contribution in [0.25, 0.3) is 0 Å². The van der Waals surface area contributed by atoms with Crippen LogP contribution in [0.3, 0.4) is 0 Å². The highest BCUT2D eigenvalue weighted by atomic mass is 32.2. The molecule has 0 spiro atoms. The Morgan fingerprint density at radius 2 is 1.75 bits per heavy atom. The average Bonchev–Trinajstić information content (AvgIpc) is 2.34. The third kappa shape index (κ3) is 5.13. The standard InChI is InChI=1S/C13H18F3NO2S/c1-3-5-17-12(4-6-20(2,18)19)9-7-10(14)13(16)11(15)8-9/h7-8,12,17H,3-6H2,1-2H3. The van der Waals surface area contributed by atoms with Gasteiger partial charge in [0.25, 0.3) is 0 Å². The van der Waals surface area contributed by atoms with Crippen molar-refractivity contribution in [2.75, 3.05) is 18.6 Å². The summed E-state index contributed by atoms with van der Waals surface area (Å²) in [5.74, 6) is -4.19. The molecule has 0 radical (unpaired) electrons. The first kappa shape index (κ1) is 17.0. The molecule has 114 valence electrons. The topological polar surface area (TPSA) is 46.2 Å². The lowest BCUT2D eigenvalue weighted by Crippen LogP contribution is -2.25. The zero-order valence-corrected chi connectivity index (χ0v) is 12.2. The molecule has 3 nitrogen and oxygen atoms in total. The van der Waals surface area contributed by atoms with Crippen molar-refractivity contribution in [3.05, 3.63) is 35.1 Å². The Hall–Kier alpha value is -1.08. The molecule has 1 N–H and O–H groups in total. The van der Waals surface area contributed by atoms with Crippen LogP contribution in [-0.2, 0) is 9.84 Å². The van der Waals surface area contributed by atoms with Crippen LogP contribution in [-0.4, -0.2) is 27.0 Å². The van der Waals surface area contributed by atoms with Gasteiger partial charge in [0, 0.05) is 12.3 Å². The maximum Gasteiger partial charge on any atom is 0.194 e. The van der Waals surface area contributed by atoms with Crippen LogP contribution in [0.4, 0.5) is 13.2 Å². The lowest BCUT2D eigenvalue weighted by molar-refractivity contribution is 0.437. The van der Waals surface area contributed by atoms with Crippen LogP contribution in [0, 0.1) is 17.5 Å². The van der Waals surface area contributed by atoms with Crippen LogP contribution in [0.2, 0.25) is 0 Å². The van der Waals surface area contributed by atoms with E-state index >= 15 is 0 Å². The van der Waals surface area contributed by atoms with Crippen molar-refractivity contribution >= 4 is 9.84 Å². The molecule has 0 saturated carbocycles. The van der Waals surface area contributed by atoms with Crippen molar-refractivity contribution < 1.29 is 21.6 Å². The molecule has 1 atom stereocenters. The fourth-order valence-corrected chi connectivity index (χ4v) is 2.48. The van der Waals surface area contributed by atoms with E-state index in [1.54, 1.807) is 0 Å². The van der Waals surface area contributed by atoms with Crippen molar-refractivity contribution in [1.82, 2.24) is 5.32 Å². The maximum atomic E-state index is 13.2. The summed E-state index contributed by atoms with van der Waals surface area (Å²) >= 11 is 0. The predicted octanol–water partition coefficient (Wildman–Crippen LogP) is 2.58. The van der Waals surface area contributed by atoms with E-state index < -0.39 is 33.3 Å². The normalized spacial score (nSPS) is 13.4. The number of benzene rings is 1. The molecular weight excluding hydrogens is 291 g/mol. The Balaban J connectivity index is 2.97. The molecule has 0 aliphatic carbocycles. The van der Waals surface area contributed by atoms with Gasteiger partial charge >= 0.3 is 0 Å². The van der Waals surface area contributed by atoms with E-state index in [2.05, 4.69) is 5.32 Å². The van der Waals surface area contributed by atoms with Gasteiger partial charge in [0.2, 0.25) is 0 Å². The number of hydrogen-bond acceptors (Lipinski definition) is 3. The smallest absolute Gasteiger partial charge is 0.194 e. The quantitative estimate of drug-likeness (QED) is 0.788. The molecule has 7 heteroatoms. The molecule has 0 aliphatic heterocycles. The van der Waals surface area contributed by atoms with E-state index in [0.29, 0.717) is 6.54 Å². The summed E-state index contributed by atoms with van der Waals surface area (Å²) in [5.41, 5.74) is 0.207. The lowest BCUT2D eigenvalue weighted by Gasteiger charge is -2.19. The molecule has 0 heterocycles. The monoisotopic (exact) mass is 309 g/mol. The molecule has 1 unspecified atom stereocenters. The van der Waals surface area contributed by atoms with E-state index in [0.717, 1.165) is 24.8 Å². The van der Waals surface area contributed by atoms with Gasteiger partial charge in [0.05, 0.1) is 5.75 Å². The van der Waals surface area contributed by atoms with Crippen LogP contribution in [0.15, 0.2) is 12.1 Å². The first-order valence-electron chi connectivity index (χ1n) is 6.30. The second-order valence-electron chi connectivity index (χ2n) is 4.72. The van der Waals surface area contributed by atoms with Gasteiger partial charge in [-0.2, -0.15) is 0 Å². The Morgan fingerprint density at radius 1 is 1.20 bits per heavy atom. The summed E-state index contributed by atoms with van der Waals surface area (Å²) in [6.07, 6.45) is 2.04. The second-order valence-corrected chi connectivity index (χ2v) is 6.98. The Kier molecular flexibility index (Phi) is 6.01. The number of nitrogens with one attached hydrogen (secondary N) is 1. The summed E-state index contributed by atoms with van der Waals surface area (Å²) in [5, 5.41) is 3.01. The first-order valence-corrected chi connectivity index (χ1v) is 8.36. The van der Waals surface area contributed by atoms with E-state index in [1.807, 2.05) is 6.92 Å². The molecule has 1 aromatic rings. The highest BCUT2D eigenvalue weighted by Crippen LogP contribution is 2.22. The van der Waals surface area contributed by atoms with E-state index in [9.17, 15) is 21.6 Å². The minimum absolute atomic E-state index is 0.116. The highest BCUT2D eigenvalue weighted by Gasteiger charge is 2.18. The van der Waals surface area contributed by atoms with Crippen molar-refractivity contribution in [3.63, 3.8) is 0 Å². The summed E-state index contributed by atoms with van der Waals surface area (Å²) in [7, 11) is -3.18. The van der Waals surface area contributed by atoms with Gasteiger partial charge in [0.1, 0.15) is 9.84 Å². The van der Waals surface area contributed by atoms with E-state index in [-0.39, 0.29) is 17.7 Å². The summed E-state index contributed by atoms with van der Waals surface area (Å²) < 4.78 is 61.8. The van der Waals surface area contributed by atoms with Crippen LogP contribution in [0.1, 0.15) is 31.4 Å². The summed E-state index contributed by atoms with van der Waals surface area (Å²) in [4.78, 5) is 0. The first-order chi connectivity index (χ1) is 9.24. The molecular formula is C13H18F3NO2S. The number of halogens is 3. The minimum Gasteiger partial charge on any atom is -0.310 e. The molecule has 20 heavy (non-hydrogen) atoms. The molecule has 0 bridgehead atoms. The Morgan fingerprint density at radius 3 is 2.20 bits per heavy atom. The number of sulfone groups is 1. The molecule has 1 rings (SSSR count). The zero-order chi connectivity index (χ0) is 15.3. The molecule has 0 aromatic heterocycles. The van der Waals surface area contributed by atoms with E-state index in [1.165, 1.54) is 0 Å². The van der Waals surface area contributed by atoms with Crippen LogP contribution in [0.5, 0.6) is 0 Å². The Labute approximate surface area is 117 Å². The molecule has 0 aliphatic rings. The molecule has 1 aromatic carbocycles. The van der Waals surface area contributed by atoms with E-state index in [4.69, 9.17) is 0 Å². The third-order valence-corrected chi connectivity index (χ3v) is 3.80. The molecule has 0 amide bonds. The summed E-state index contributed by atoms with van der Waals surface area (Å²) in [6.45, 7) is 2.47. The van der Waals surface area contributed by atoms with Gasteiger partial charge in [-0.05, 0) is 37.1 Å². The van der Waals surface area contributed by atoms with Gasteiger partial charge in [-0.3, -0.25) is 0 Å². The number of rotatable bonds is 7. The zero-order valence-electron chi connectivity index (χ0n) is 11.4. The minimum atomic E-state index is -3.18. The predicted molar refractivity (Wildman–Crippen MR) is 71.7 cm³/mol. The van der Waals surface area contributed by atoms with Gasteiger partial charge in [-0.1, -0.05) is 6.92 Å². The fourth-order valence-electron chi connectivity index (χ4n) is 1.81. The van der Waals surface area contributed by atoms with Gasteiger partial charge < -0.3 is 5.32 Å². The van der Waals surface area contributed by atoms with Crippen molar-refractivity contribution in [3.8, 4) is 0 Å². The number of hydrogen-bond donors (Lipinski definition) is 1. The van der Waals surface area contributed by atoms with Gasteiger partial charge in [-0.25, -0.2) is 21.6 Å². The van der Waals surface area contributed by atoms with Crippen molar-refractivity contribution in [2.24, 2.45) is 0 Å². The van der Waals surface area contributed by atoms with Crippen molar-refractivity contribution in [2.45, 2.75) is 25.8 Å². The largest absolute Gasteiger partial charge is 0.310 e. The highest BCUT2D eigenvalue weighted by molar-refractivity contribution is 7.90. The second kappa shape index (κ2) is 7.08. The Bertz CT molecular complexity index is 538. The van der Waals surface area contributed by atoms with Gasteiger partial charge in [-0.15, -0.1) is 0 Å². The average molecular weight is 309 g/mol. The SMILES string of the molecule is CCCNC(CCS(C)(=O)=O)c1cc(F)c(F)c(F)c1. The van der Waals surface area contributed by atoms with Gasteiger partial charge in [0.15, 0.2) is 17.5 Å². The van der Waals surface area contributed by atoms with Crippen LogP contribution >= 0.6 is 0 Å². The van der Waals surface area contributed by atoms with Crippen LogP contribution < -0.4 is 5.32 Å². The van der Waals surface area contributed by atoms with Crippen molar-refractivity contribution in [1.29, 1.82) is 0 Å². The fraction of sp³-hybridized carbons (Fsp3) is 0.538. The lowest BCUT2D eigenvalue weighted by atomic mass is 10.0. The summed E-state index contributed by atoms with van der Waals surface area (Å²) in [6, 6.07) is 1.26. The molecule has 0 saturated heterocycles. The molecule has 0 fully saturated rings.